The van der Waals surface area contributed by atoms with Gasteiger partial charge in [0.15, 0.2) is 0 Å². The van der Waals surface area contributed by atoms with Crippen molar-refractivity contribution in [2.45, 2.75) is 6.54 Å². The standard InChI is InChI=1S/C11H6N2O2.C6H8N2/c14-8-5-12-11(15)10-9(8)6-3-1-2-4-7(6)13-10;7-4-6-2-1-3-8-5-6/h1-5,13H;1-3,5H,4,7H2. The number of hydrogen-bond acceptors (Lipinski definition) is 4. The summed E-state index contributed by atoms with van der Waals surface area (Å²) in [4.78, 5) is 33.3. The third-order valence-corrected chi connectivity index (χ3v) is 3.42. The number of nitrogens with zero attached hydrogens (tertiary/aromatic N) is 2. The van der Waals surface area contributed by atoms with Crippen molar-refractivity contribution in [2.75, 3.05) is 0 Å². The van der Waals surface area contributed by atoms with Crippen molar-refractivity contribution >= 4 is 28.8 Å². The smallest absolute Gasteiger partial charge is 0.294 e. The van der Waals surface area contributed by atoms with Crippen LogP contribution in [-0.2, 0) is 6.54 Å². The minimum Gasteiger partial charge on any atom is -0.350 e. The number of hydrogen-bond donors (Lipinski definition) is 2. The second kappa shape index (κ2) is 6.33. The van der Waals surface area contributed by atoms with Crippen molar-refractivity contribution in [3.05, 3.63) is 65.6 Å². The van der Waals surface area contributed by atoms with Crippen LogP contribution in [0.3, 0.4) is 0 Å². The Labute approximate surface area is 132 Å². The van der Waals surface area contributed by atoms with E-state index >= 15 is 0 Å². The molecule has 1 amide bonds. The van der Waals surface area contributed by atoms with Crippen LogP contribution in [0.4, 0.5) is 0 Å². The molecule has 2 aromatic heterocycles. The van der Waals surface area contributed by atoms with Crippen LogP contribution < -0.4 is 5.73 Å². The molecule has 3 heterocycles. The minimum absolute atomic E-state index is 0.220. The second-order valence-electron chi connectivity index (χ2n) is 4.91. The maximum absolute atomic E-state index is 11.6. The highest BCUT2D eigenvalue weighted by atomic mass is 16.2. The average Bonchev–Trinajstić information content (AvgIpc) is 3.00. The van der Waals surface area contributed by atoms with E-state index in [0.717, 1.165) is 22.7 Å². The quantitative estimate of drug-likeness (QED) is 0.719. The number of rotatable bonds is 1. The first-order valence-electron chi connectivity index (χ1n) is 7.03. The zero-order valence-corrected chi connectivity index (χ0v) is 12.2. The van der Waals surface area contributed by atoms with Crippen LogP contribution >= 0.6 is 0 Å². The van der Waals surface area contributed by atoms with E-state index in [0.29, 0.717) is 17.8 Å². The molecule has 0 saturated heterocycles. The van der Waals surface area contributed by atoms with Gasteiger partial charge in [-0.3, -0.25) is 14.6 Å². The van der Waals surface area contributed by atoms with E-state index in [1.54, 1.807) is 12.4 Å². The fourth-order valence-corrected chi connectivity index (χ4v) is 2.32. The number of carbonyl (C=O) groups is 2. The highest BCUT2D eigenvalue weighted by Crippen LogP contribution is 2.24. The molecule has 114 valence electrons. The van der Waals surface area contributed by atoms with Crippen molar-refractivity contribution in [2.24, 2.45) is 10.7 Å². The van der Waals surface area contributed by atoms with E-state index in [1.807, 2.05) is 36.4 Å². The van der Waals surface area contributed by atoms with Crippen LogP contribution in [0.5, 0.6) is 0 Å². The van der Waals surface area contributed by atoms with Crippen LogP contribution in [-0.4, -0.2) is 27.9 Å². The van der Waals surface area contributed by atoms with Crippen LogP contribution in [0.2, 0.25) is 0 Å². The first kappa shape index (κ1) is 14.8. The zero-order chi connectivity index (χ0) is 16.2. The van der Waals surface area contributed by atoms with Gasteiger partial charge >= 0.3 is 0 Å². The Balaban J connectivity index is 0.000000166. The molecule has 1 aromatic carbocycles. The molecule has 0 unspecified atom stereocenters. The third-order valence-electron chi connectivity index (χ3n) is 3.42. The maximum Gasteiger partial charge on any atom is 0.294 e. The Morgan fingerprint density at radius 3 is 2.61 bits per heavy atom. The van der Waals surface area contributed by atoms with E-state index in [9.17, 15) is 9.59 Å². The van der Waals surface area contributed by atoms with Gasteiger partial charge in [0, 0.05) is 29.8 Å². The van der Waals surface area contributed by atoms with Gasteiger partial charge in [-0.05, 0) is 17.7 Å². The Kier molecular flexibility index (Phi) is 4.07. The van der Waals surface area contributed by atoms with Gasteiger partial charge in [-0.1, -0.05) is 24.3 Å². The number of para-hydroxylation sites is 1. The lowest BCUT2D eigenvalue weighted by molar-refractivity contribution is 0.0974. The molecule has 6 heteroatoms. The second-order valence-corrected chi connectivity index (χ2v) is 4.91. The molecule has 0 fully saturated rings. The number of aromatic nitrogens is 2. The number of fused-ring (bicyclic) bond motifs is 3. The lowest BCUT2D eigenvalue weighted by Crippen LogP contribution is -2.14. The number of nitrogens with two attached hydrogens (primary N) is 1. The molecular formula is C17H14N4O2. The Morgan fingerprint density at radius 1 is 1.09 bits per heavy atom. The predicted octanol–water partition coefficient (Wildman–Crippen LogP) is 2.12. The predicted molar refractivity (Wildman–Crippen MR) is 87.6 cm³/mol. The molecule has 4 rings (SSSR count). The fourth-order valence-electron chi connectivity index (χ4n) is 2.32. The summed E-state index contributed by atoms with van der Waals surface area (Å²) >= 11 is 0. The summed E-state index contributed by atoms with van der Waals surface area (Å²) in [6.45, 7) is 0.577. The maximum atomic E-state index is 11.6. The topological polar surface area (TPSA) is 101 Å². The van der Waals surface area contributed by atoms with Gasteiger partial charge in [0.05, 0.1) is 11.8 Å². The van der Waals surface area contributed by atoms with Gasteiger partial charge in [-0.15, -0.1) is 0 Å². The summed E-state index contributed by atoms with van der Waals surface area (Å²) in [6.07, 6.45) is 4.57. The zero-order valence-electron chi connectivity index (χ0n) is 12.2. The molecule has 0 bridgehead atoms. The number of pyridine rings is 1. The largest absolute Gasteiger partial charge is 0.350 e. The van der Waals surface area contributed by atoms with Crippen molar-refractivity contribution in [3.63, 3.8) is 0 Å². The van der Waals surface area contributed by atoms with Gasteiger partial charge in [0.25, 0.3) is 5.91 Å². The summed E-state index contributed by atoms with van der Waals surface area (Å²) < 4.78 is 0. The fraction of sp³-hybridized carbons (Fsp3) is 0.0588. The molecule has 0 spiro atoms. The van der Waals surface area contributed by atoms with Crippen molar-refractivity contribution in [3.8, 4) is 0 Å². The van der Waals surface area contributed by atoms with Gasteiger partial charge in [-0.25, -0.2) is 4.99 Å². The highest BCUT2D eigenvalue weighted by Gasteiger charge is 2.24. The third kappa shape index (κ3) is 2.93. The summed E-state index contributed by atoms with van der Waals surface area (Å²) in [5, 5.41) is 0.775. The summed E-state index contributed by atoms with van der Waals surface area (Å²) in [5.41, 5.74) is 7.90. The molecule has 1 aliphatic rings. The number of carbonyl (C=O) groups excluding carboxylic acids is 2. The lowest BCUT2D eigenvalue weighted by atomic mass is 10.1. The highest BCUT2D eigenvalue weighted by molar-refractivity contribution is 6.44. The van der Waals surface area contributed by atoms with E-state index in [2.05, 4.69) is 15.0 Å². The normalized spacial score (nSPS) is 12.7. The van der Waals surface area contributed by atoms with Crippen LogP contribution in [0.25, 0.3) is 10.9 Å². The summed E-state index contributed by atoms with van der Waals surface area (Å²) in [5.74, 6) is -0.608. The number of aromatic amines is 1. The Hall–Kier alpha value is -3.12. The molecule has 3 N–H and O–H groups in total. The molecule has 3 aromatic rings. The van der Waals surface area contributed by atoms with Crippen molar-refractivity contribution in [1.29, 1.82) is 0 Å². The number of Topliss-reactive ketones (excluding diaryl/α,β-unsaturated/α-hetero) is 1. The lowest BCUT2D eigenvalue weighted by Gasteiger charge is -2.01. The number of H-pyrrole nitrogens is 1. The molecule has 23 heavy (non-hydrogen) atoms. The number of amides is 1. The molecule has 0 saturated carbocycles. The molecular weight excluding hydrogens is 292 g/mol. The van der Waals surface area contributed by atoms with Gasteiger partial charge in [0.1, 0.15) is 5.69 Å². The molecule has 1 aliphatic heterocycles. The van der Waals surface area contributed by atoms with Gasteiger partial charge in [0.2, 0.25) is 5.78 Å². The van der Waals surface area contributed by atoms with E-state index in [4.69, 9.17) is 5.73 Å². The number of ketones is 1. The SMILES string of the molecule is NCc1cccnc1.O=C1N=CC(=O)c2c1[nH]c1ccccc21. The van der Waals surface area contributed by atoms with Gasteiger partial charge < -0.3 is 10.7 Å². The van der Waals surface area contributed by atoms with Gasteiger partial charge in [-0.2, -0.15) is 0 Å². The first-order chi connectivity index (χ1) is 11.2. The molecule has 6 nitrogen and oxygen atoms in total. The monoisotopic (exact) mass is 306 g/mol. The number of benzene rings is 1. The van der Waals surface area contributed by atoms with Crippen LogP contribution in [0.1, 0.15) is 26.4 Å². The van der Waals surface area contributed by atoms with Crippen molar-refractivity contribution < 1.29 is 9.59 Å². The summed E-state index contributed by atoms with van der Waals surface area (Å²) in [6, 6.07) is 11.2. The average molecular weight is 306 g/mol. The molecule has 0 radical (unpaired) electrons. The first-order valence-corrected chi connectivity index (χ1v) is 7.03. The van der Waals surface area contributed by atoms with E-state index in [-0.39, 0.29) is 11.7 Å². The Bertz CT molecular complexity index is 897. The number of aliphatic imine (C=N–C) groups is 1. The van der Waals surface area contributed by atoms with Crippen LogP contribution in [0.15, 0.2) is 53.8 Å². The minimum atomic E-state index is -0.388. The van der Waals surface area contributed by atoms with Crippen LogP contribution in [0, 0.1) is 0 Å². The van der Waals surface area contributed by atoms with E-state index < -0.39 is 0 Å². The van der Waals surface area contributed by atoms with Crippen molar-refractivity contribution in [1.82, 2.24) is 9.97 Å². The molecule has 0 aliphatic carbocycles. The van der Waals surface area contributed by atoms with E-state index in [1.165, 1.54) is 0 Å². The summed E-state index contributed by atoms with van der Waals surface area (Å²) in [7, 11) is 0. The molecule has 0 atom stereocenters. The number of nitrogens with one attached hydrogen (secondary N) is 1. The Morgan fingerprint density at radius 2 is 1.91 bits per heavy atom.